The number of primary amides is 1. The molecule has 0 aliphatic carbocycles. The largest absolute Gasteiger partial charge is 0.366 e. The number of aromatic amines is 1. The van der Waals surface area contributed by atoms with Gasteiger partial charge in [0.2, 0.25) is 15.9 Å². The molecule has 128 valence electrons. The van der Waals surface area contributed by atoms with Gasteiger partial charge in [-0.1, -0.05) is 12.1 Å². The standard InChI is InChI=1S/C17H16N4O3S/c1-25(23,24)21-13-6-4-11(5-7-13)15(16(18)22)9-12-10-20-17-14(12)3-2-8-19-17/h2-10,21H,1H3,(H2,18,22)(H,19,20). The van der Waals surface area contributed by atoms with Gasteiger partial charge in [0.05, 0.1) is 6.26 Å². The predicted molar refractivity (Wildman–Crippen MR) is 98.1 cm³/mol. The number of carbonyl (C=O) groups excluding carboxylic acids is 1. The molecule has 1 aromatic carbocycles. The summed E-state index contributed by atoms with van der Waals surface area (Å²) in [5.74, 6) is -0.581. The maximum absolute atomic E-state index is 11.9. The number of hydrogen-bond acceptors (Lipinski definition) is 4. The third kappa shape index (κ3) is 3.86. The number of aromatic nitrogens is 2. The van der Waals surface area contributed by atoms with Gasteiger partial charge in [-0.2, -0.15) is 0 Å². The first kappa shape index (κ1) is 16.7. The number of carbonyl (C=O) groups is 1. The van der Waals surface area contributed by atoms with E-state index < -0.39 is 15.9 Å². The summed E-state index contributed by atoms with van der Waals surface area (Å²) >= 11 is 0. The second kappa shape index (κ2) is 6.40. The summed E-state index contributed by atoms with van der Waals surface area (Å²) in [6.07, 6.45) is 6.18. The molecule has 0 aliphatic rings. The number of benzene rings is 1. The molecule has 0 bridgehead atoms. The first-order chi connectivity index (χ1) is 11.8. The second-order valence-electron chi connectivity index (χ2n) is 5.52. The normalized spacial score (nSPS) is 12.3. The number of nitrogens with one attached hydrogen (secondary N) is 2. The number of sulfonamides is 1. The molecular formula is C17H16N4O3S. The molecule has 0 atom stereocenters. The maximum Gasteiger partial charge on any atom is 0.249 e. The zero-order valence-corrected chi connectivity index (χ0v) is 14.2. The van der Waals surface area contributed by atoms with Crippen LogP contribution in [-0.4, -0.2) is 30.5 Å². The molecule has 25 heavy (non-hydrogen) atoms. The minimum Gasteiger partial charge on any atom is -0.366 e. The predicted octanol–water partition coefficient (Wildman–Crippen LogP) is 1.96. The average molecular weight is 356 g/mol. The van der Waals surface area contributed by atoms with Gasteiger partial charge in [-0.3, -0.25) is 9.52 Å². The highest BCUT2D eigenvalue weighted by atomic mass is 32.2. The molecule has 7 nitrogen and oxygen atoms in total. The molecule has 0 radical (unpaired) electrons. The first-order valence-corrected chi connectivity index (χ1v) is 9.24. The van der Waals surface area contributed by atoms with Crippen LogP contribution in [-0.2, 0) is 14.8 Å². The summed E-state index contributed by atoms with van der Waals surface area (Å²) in [6, 6.07) is 10.1. The number of nitrogens with zero attached hydrogens (tertiary/aromatic N) is 1. The lowest BCUT2D eigenvalue weighted by molar-refractivity contribution is -0.112. The van der Waals surface area contributed by atoms with Gasteiger partial charge in [-0.25, -0.2) is 13.4 Å². The van der Waals surface area contributed by atoms with Crippen LogP contribution in [0.1, 0.15) is 11.1 Å². The first-order valence-electron chi connectivity index (χ1n) is 7.35. The van der Waals surface area contributed by atoms with Crippen molar-refractivity contribution < 1.29 is 13.2 Å². The number of hydrogen-bond donors (Lipinski definition) is 3. The highest BCUT2D eigenvalue weighted by Gasteiger charge is 2.11. The molecule has 0 saturated heterocycles. The zero-order valence-electron chi connectivity index (χ0n) is 13.4. The molecular weight excluding hydrogens is 340 g/mol. The van der Waals surface area contributed by atoms with Crippen LogP contribution in [0.3, 0.4) is 0 Å². The number of nitrogens with two attached hydrogens (primary N) is 1. The Morgan fingerprint density at radius 3 is 2.60 bits per heavy atom. The Labute approximate surface area is 144 Å². The van der Waals surface area contributed by atoms with Crippen LogP contribution in [0.25, 0.3) is 22.7 Å². The molecule has 0 aliphatic heterocycles. The molecule has 4 N–H and O–H groups in total. The van der Waals surface area contributed by atoms with Crippen molar-refractivity contribution in [1.82, 2.24) is 9.97 Å². The Kier molecular flexibility index (Phi) is 4.28. The Morgan fingerprint density at radius 2 is 1.96 bits per heavy atom. The Morgan fingerprint density at radius 1 is 1.24 bits per heavy atom. The van der Waals surface area contributed by atoms with E-state index in [1.807, 2.05) is 12.1 Å². The minimum absolute atomic E-state index is 0.315. The summed E-state index contributed by atoms with van der Waals surface area (Å²) in [6.45, 7) is 0. The molecule has 2 aromatic heterocycles. The van der Waals surface area contributed by atoms with Crippen LogP contribution in [0.5, 0.6) is 0 Å². The smallest absolute Gasteiger partial charge is 0.249 e. The molecule has 3 rings (SSSR count). The third-order valence-electron chi connectivity index (χ3n) is 3.55. The van der Waals surface area contributed by atoms with Gasteiger partial charge in [-0.05, 0) is 35.9 Å². The van der Waals surface area contributed by atoms with Crippen LogP contribution in [0.4, 0.5) is 5.69 Å². The van der Waals surface area contributed by atoms with Crippen LogP contribution in [0.15, 0.2) is 48.8 Å². The fraction of sp³-hybridized carbons (Fsp3) is 0.0588. The Hall–Kier alpha value is -3.13. The van der Waals surface area contributed by atoms with Crippen molar-refractivity contribution in [3.05, 3.63) is 59.9 Å². The fourth-order valence-corrected chi connectivity index (χ4v) is 3.04. The molecule has 0 saturated carbocycles. The number of fused-ring (bicyclic) bond motifs is 1. The van der Waals surface area contributed by atoms with E-state index in [9.17, 15) is 13.2 Å². The minimum atomic E-state index is -3.36. The van der Waals surface area contributed by atoms with E-state index >= 15 is 0 Å². The number of pyridine rings is 1. The highest BCUT2D eigenvalue weighted by molar-refractivity contribution is 7.92. The molecule has 0 spiro atoms. The van der Waals surface area contributed by atoms with Gasteiger partial charge in [0.15, 0.2) is 0 Å². The number of rotatable bonds is 5. The molecule has 3 aromatic rings. The number of H-pyrrole nitrogens is 1. The van der Waals surface area contributed by atoms with Crippen molar-refractivity contribution in [2.45, 2.75) is 0 Å². The van der Waals surface area contributed by atoms with Crippen molar-refractivity contribution in [1.29, 1.82) is 0 Å². The number of amides is 1. The fourth-order valence-electron chi connectivity index (χ4n) is 2.48. The van der Waals surface area contributed by atoms with Crippen molar-refractivity contribution in [3.63, 3.8) is 0 Å². The highest BCUT2D eigenvalue weighted by Crippen LogP contribution is 2.24. The average Bonchev–Trinajstić information content (AvgIpc) is 2.95. The quantitative estimate of drug-likeness (QED) is 0.606. The zero-order chi connectivity index (χ0) is 18.0. The molecule has 8 heteroatoms. The van der Waals surface area contributed by atoms with Crippen LogP contribution in [0.2, 0.25) is 0 Å². The Bertz CT molecular complexity index is 1070. The van der Waals surface area contributed by atoms with E-state index in [4.69, 9.17) is 5.73 Å². The molecule has 0 fully saturated rings. The van der Waals surface area contributed by atoms with Crippen molar-refractivity contribution in [2.24, 2.45) is 5.73 Å². The molecule has 0 unspecified atom stereocenters. The Balaban J connectivity index is 2.00. The molecule has 1 amide bonds. The third-order valence-corrected chi connectivity index (χ3v) is 4.15. The van der Waals surface area contributed by atoms with E-state index in [1.54, 1.807) is 42.7 Å². The summed E-state index contributed by atoms with van der Waals surface area (Å²) < 4.78 is 24.9. The van der Waals surface area contributed by atoms with Gasteiger partial charge >= 0.3 is 0 Å². The van der Waals surface area contributed by atoms with Crippen LogP contribution >= 0.6 is 0 Å². The van der Waals surface area contributed by atoms with E-state index in [1.165, 1.54) is 0 Å². The summed E-state index contributed by atoms with van der Waals surface area (Å²) in [7, 11) is -3.36. The monoisotopic (exact) mass is 356 g/mol. The van der Waals surface area contributed by atoms with Gasteiger partial charge in [0.25, 0.3) is 0 Å². The van der Waals surface area contributed by atoms with E-state index in [0.717, 1.165) is 17.2 Å². The van der Waals surface area contributed by atoms with Gasteiger partial charge in [-0.15, -0.1) is 0 Å². The van der Waals surface area contributed by atoms with E-state index in [0.29, 0.717) is 22.5 Å². The van der Waals surface area contributed by atoms with Crippen LogP contribution in [0, 0.1) is 0 Å². The number of anilines is 1. The lowest BCUT2D eigenvalue weighted by Crippen LogP contribution is -2.13. The van der Waals surface area contributed by atoms with Gasteiger partial charge in [0.1, 0.15) is 5.65 Å². The summed E-state index contributed by atoms with van der Waals surface area (Å²) in [4.78, 5) is 19.1. The SMILES string of the molecule is CS(=O)(=O)Nc1ccc(C(=Cc2c[nH]c3ncccc23)C(N)=O)cc1. The van der Waals surface area contributed by atoms with Crippen molar-refractivity contribution >= 4 is 44.3 Å². The summed E-state index contributed by atoms with van der Waals surface area (Å²) in [5, 5.41) is 0.872. The van der Waals surface area contributed by atoms with Crippen molar-refractivity contribution in [3.8, 4) is 0 Å². The van der Waals surface area contributed by atoms with Crippen molar-refractivity contribution in [2.75, 3.05) is 11.0 Å². The lowest BCUT2D eigenvalue weighted by Gasteiger charge is -2.07. The maximum atomic E-state index is 11.9. The molecule has 2 heterocycles. The van der Waals surface area contributed by atoms with E-state index in [2.05, 4.69) is 14.7 Å². The topological polar surface area (TPSA) is 118 Å². The van der Waals surface area contributed by atoms with Gasteiger partial charge < -0.3 is 10.7 Å². The lowest BCUT2D eigenvalue weighted by atomic mass is 10.0. The second-order valence-corrected chi connectivity index (χ2v) is 7.27. The van der Waals surface area contributed by atoms with E-state index in [-0.39, 0.29) is 0 Å². The summed E-state index contributed by atoms with van der Waals surface area (Å²) in [5.41, 5.74) is 8.34. The van der Waals surface area contributed by atoms with Crippen LogP contribution < -0.4 is 10.5 Å². The van der Waals surface area contributed by atoms with Gasteiger partial charge in [0, 0.05) is 34.6 Å².